The van der Waals surface area contributed by atoms with Gasteiger partial charge in [0, 0.05) is 18.2 Å². The van der Waals surface area contributed by atoms with Crippen LogP contribution in [0.4, 0.5) is 5.69 Å². The fourth-order valence-electron chi connectivity index (χ4n) is 2.70. The number of carbonyl (C=O) groups excluding carboxylic acids is 1. The first-order chi connectivity index (χ1) is 10.2. The van der Waals surface area contributed by atoms with Crippen LogP contribution < -0.4 is 11.1 Å². The van der Waals surface area contributed by atoms with Crippen molar-refractivity contribution >= 4 is 11.6 Å². The Balaban J connectivity index is 1.45. The van der Waals surface area contributed by atoms with Gasteiger partial charge in [-0.05, 0) is 42.0 Å². The third-order valence-corrected chi connectivity index (χ3v) is 4.05. The molecule has 2 aromatic rings. The molecular weight excluding hydrogens is 260 g/mol. The van der Waals surface area contributed by atoms with Crippen molar-refractivity contribution in [2.45, 2.75) is 18.8 Å². The molecule has 0 heterocycles. The first-order valence-electron chi connectivity index (χ1n) is 7.41. The Morgan fingerprint density at radius 1 is 1.10 bits per heavy atom. The van der Waals surface area contributed by atoms with E-state index in [4.69, 9.17) is 5.73 Å². The molecule has 0 radical (unpaired) electrons. The highest BCUT2D eigenvalue weighted by atomic mass is 16.2. The highest BCUT2D eigenvalue weighted by Crippen LogP contribution is 2.47. The van der Waals surface area contributed by atoms with Gasteiger partial charge in [0.1, 0.15) is 0 Å². The summed E-state index contributed by atoms with van der Waals surface area (Å²) in [6.07, 6.45) is 1.81. The molecule has 2 atom stereocenters. The SMILES string of the molecule is Nc1ccc(CCNC(=O)C2CC2c2ccccc2)cc1. The highest BCUT2D eigenvalue weighted by Gasteiger charge is 2.43. The maximum Gasteiger partial charge on any atom is 0.223 e. The van der Waals surface area contributed by atoms with Crippen LogP contribution in [-0.2, 0) is 11.2 Å². The van der Waals surface area contributed by atoms with Crippen LogP contribution in [0.2, 0.25) is 0 Å². The number of amides is 1. The van der Waals surface area contributed by atoms with E-state index < -0.39 is 0 Å². The minimum absolute atomic E-state index is 0.152. The lowest BCUT2D eigenvalue weighted by Crippen LogP contribution is -2.27. The molecule has 1 saturated carbocycles. The van der Waals surface area contributed by atoms with E-state index in [-0.39, 0.29) is 11.8 Å². The Bertz CT molecular complexity index is 607. The van der Waals surface area contributed by atoms with Crippen LogP contribution in [-0.4, -0.2) is 12.5 Å². The van der Waals surface area contributed by atoms with Crippen LogP contribution in [0, 0.1) is 5.92 Å². The Labute approximate surface area is 125 Å². The predicted octanol–water partition coefficient (Wildman–Crippen LogP) is 2.73. The summed E-state index contributed by atoms with van der Waals surface area (Å²) in [5.41, 5.74) is 8.89. The Hall–Kier alpha value is -2.29. The van der Waals surface area contributed by atoms with Crippen molar-refractivity contribution in [1.82, 2.24) is 5.32 Å². The van der Waals surface area contributed by atoms with Crippen molar-refractivity contribution in [1.29, 1.82) is 0 Å². The van der Waals surface area contributed by atoms with Crippen LogP contribution in [0.15, 0.2) is 54.6 Å². The number of hydrogen-bond acceptors (Lipinski definition) is 2. The Morgan fingerprint density at radius 3 is 2.52 bits per heavy atom. The fraction of sp³-hybridized carbons (Fsp3) is 0.278. The van der Waals surface area contributed by atoms with Gasteiger partial charge in [-0.25, -0.2) is 0 Å². The van der Waals surface area contributed by atoms with E-state index in [1.807, 2.05) is 42.5 Å². The Kier molecular flexibility index (Phi) is 3.91. The number of benzene rings is 2. The highest BCUT2D eigenvalue weighted by molar-refractivity contribution is 5.82. The second kappa shape index (κ2) is 6.00. The standard InChI is InChI=1S/C18H20N2O/c19-15-8-6-13(7-9-15)10-11-20-18(21)17-12-16(17)14-4-2-1-3-5-14/h1-9,16-17H,10-12,19H2,(H,20,21). The van der Waals surface area contributed by atoms with E-state index in [1.54, 1.807) is 0 Å². The van der Waals surface area contributed by atoms with Crippen molar-refractivity contribution in [3.05, 3.63) is 65.7 Å². The predicted molar refractivity (Wildman–Crippen MR) is 84.9 cm³/mol. The van der Waals surface area contributed by atoms with E-state index in [0.717, 1.165) is 18.5 Å². The van der Waals surface area contributed by atoms with Crippen molar-refractivity contribution in [2.75, 3.05) is 12.3 Å². The summed E-state index contributed by atoms with van der Waals surface area (Å²) in [7, 11) is 0. The molecule has 0 aliphatic heterocycles. The number of rotatable bonds is 5. The van der Waals surface area contributed by atoms with Crippen LogP contribution >= 0.6 is 0 Å². The molecule has 3 N–H and O–H groups in total. The molecule has 108 valence electrons. The second-order valence-electron chi connectivity index (χ2n) is 5.64. The number of hydrogen-bond donors (Lipinski definition) is 2. The first kappa shape index (κ1) is 13.7. The summed E-state index contributed by atoms with van der Waals surface area (Å²) < 4.78 is 0. The van der Waals surface area contributed by atoms with E-state index in [2.05, 4.69) is 17.4 Å². The van der Waals surface area contributed by atoms with E-state index in [0.29, 0.717) is 12.5 Å². The van der Waals surface area contributed by atoms with Gasteiger partial charge < -0.3 is 11.1 Å². The van der Waals surface area contributed by atoms with Gasteiger partial charge in [0.2, 0.25) is 5.91 Å². The molecule has 1 fully saturated rings. The monoisotopic (exact) mass is 280 g/mol. The lowest BCUT2D eigenvalue weighted by Gasteiger charge is -2.06. The molecule has 2 aromatic carbocycles. The molecule has 3 nitrogen and oxygen atoms in total. The van der Waals surface area contributed by atoms with Crippen LogP contribution in [0.3, 0.4) is 0 Å². The molecule has 3 rings (SSSR count). The molecule has 1 amide bonds. The molecule has 0 bridgehead atoms. The largest absolute Gasteiger partial charge is 0.399 e. The average molecular weight is 280 g/mol. The summed E-state index contributed by atoms with van der Waals surface area (Å²) in [5.74, 6) is 0.737. The van der Waals surface area contributed by atoms with Crippen LogP contribution in [0.5, 0.6) is 0 Å². The number of nitrogen functional groups attached to an aromatic ring is 1. The maximum absolute atomic E-state index is 12.1. The third-order valence-electron chi connectivity index (χ3n) is 4.05. The zero-order chi connectivity index (χ0) is 14.7. The smallest absolute Gasteiger partial charge is 0.223 e. The van der Waals surface area contributed by atoms with Gasteiger partial charge in [0.15, 0.2) is 0 Å². The molecule has 1 aliphatic carbocycles. The third kappa shape index (κ3) is 3.43. The minimum atomic E-state index is 0.152. The molecule has 0 saturated heterocycles. The summed E-state index contributed by atoms with van der Waals surface area (Å²) >= 11 is 0. The average Bonchev–Trinajstić information content (AvgIpc) is 3.31. The van der Waals surface area contributed by atoms with Crippen molar-refractivity contribution in [2.24, 2.45) is 5.92 Å². The van der Waals surface area contributed by atoms with Gasteiger partial charge in [0.05, 0.1) is 0 Å². The zero-order valence-electron chi connectivity index (χ0n) is 12.0. The van der Waals surface area contributed by atoms with Gasteiger partial charge in [-0.15, -0.1) is 0 Å². The summed E-state index contributed by atoms with van der Waals surface area (Å²) in [5, 5.41) is 3.04. The maximum atomic E-state index is 12.1. The molecule has 0 aromatic heterocycles. The topological polar surface area (TPSA) is 55.1 Å². The normalized spacial score (nSPS) is 20.0. The summed E-state index contributed by atoms with van der Waals surface area (Å²) in [6.45, 7) is 0.681. The van der Waals surface area contributed by atoms with Gasteiger partial charge >= 0.3 is 0 Å². The van der Waals surface area contributed by atoms with Crippen molar-refractivity contribution < 1.29 is 4.79 Å². The lowest BCUT2D eigenvalue weighted by molar-refractivity contribution is -0.122. The lowest BCUT2D eigenvalue weighted by atomic mass is 10.1. The van der Waals surface area contributed by atoms with Gasteiger partial charge in [-0.2, -0.15) is 0 Å². The summed E-state index contributed by atoms with van der Waals surface area (Å²) in [4.78, 5) is 12.1. The molecule has 21 heavy (non-hydrogen) atoms. The fourth-order valence-corrected chi connectivity index (χ4v) is 2.70. The van der Waals surface area contributed by atoms with Crippen LogP contribution in [0.25, 0.3) is 0 Å². The van der Waals surface area contributed by atoms with Crippen molar-refractivity contribution in [3.63, 3.8) is 0 Å². The van der Waals surface area contributed by atoms with E-state index >= 15 is 0 Å². The van der Waals surface area contributed by atoms with E-state index in [9.17, 15) is 4.79 Å². The Morgan fingerprint density at radius 2 is 1.81 bits per heavy atom. The van der Waals surface area contributed by atoms with Crippen molar-refractivity contribution in [3.8, 4) is 0 Å². The minimum Gasteiger partial charge on any atom is -0.399 e. The number of carbonyl (C=O) groups is 1. The van der Waals surface area contributed by atoms with Crippen LogP contribution in [0.1, 0.15) is 23.5 Å². The quantitative estimate of drug-likeness (QED) is 0.827. The molecule has 1 aliphatic rings. The number of nitrogens with two attached hydrogens (primary N) is 1. The van der Waals surface area contributed by atoms with Gasteiger partial charge in [-0.1, -0.05) is 42.5 Å². The van der Waals surface area contributed by atoms with Gasteiger partial charge in [0.25, 0.3) is 0 Å². The molecule has 2 unspecified atom stereocenters. The first-order valence-corrected chi connectivity index (χ1v) is 7.41. The molecule has 3 heteroatoms. The summed E-state index contributed by atoms with van der Waals surface area (Å²) in [6, 6.07) is 18.1. The second-order valence-corrected chi connectivity index (χ2v) is 5.64. The molecular formula is C18H20N2O. The van der Waals surface area contributed by atoms with Gasteiger partial charge in [-0.3, -0.25) is 4.79 Å². The number of anilines is 1. The number of nitrogens with one attached hydrogen (secondary N) is 1. The van der Waals surface area contributed by atoms with E-state index in [1.165, 1.54) is 11.1 Å². The zero-order valence-corrected chi connectivity index (χ0v) is 12.0. The molecule has 0 spiro atoms.